The fourth-order valence-electron chi connectivity index (χ4n) is 8.20. The molecule has 0 saturated carbocycles. The second-order valence-electron chi connectivity index (χ2n) is 13.3. The zero-order valence-corrected chi connectivity index (χ0v) is 25.8. The van der Waals surface area contributed by atoms with Crippen LogP contribution in [0.15, 0.2) is 121 Å². The van der Waals surface area contributed by atoms with Crippen LogP contribution in [0.3, 0.4) is 0 Å². The topological polar surface area (TPSA) is 0 Å². The summed E-state index contributed by atoms with van der Waals surface area (Å²) in [5, 5.41) is 2.69. The van der Waals surface area contributed by atoms with Crippen LogP contribution in [0.4, 0.5) is 0 Å². The highest BCUT2D eigenvalue weighted by atomic mass is 32.1. The van der Waals surface area contributed by atoms with Crippen molar-refractivity contribution in [3.8, 4) is 44.5 Å². The lowest BCUT2D eigenvalue weighted by Crippen LogP contribution is -2.14. The van der Waals surface area contributed by atoms with Crippen molar-refractivity contribution in [1.82, 2.24) is 0 Å². The van der Waals surface area contributed by atoms with Gasteiger partial charge in [0, 0.05) is 42.1 Å². The Balaban J connectivity index is 1.32. The van der Waals surface area contributed by atoms with E-state index in [0.29, 0.717) is 0 Å². The molecule has 2 aliphatic carbocycles. The van der Waals surface area contributed by atoms with E-state index in [9.17, 15) is 0 Å². The predicted molar refractivity (Wildman–Crippen MR) is 185 cm³/mol. The molecule has 7 aromatic rings. The van der Waals surface area contributed by atoms with Crippen molar-refractivity contribution in [3.05, 3.63) is 144 Å². The molecule has 0 amide bonds. The van der Waals surface area contributed by atoms with E-state index in [2.05, 4.69) is 149 Å². The zero-order valence-electron chi connectivity index (χ0n) is 25.0. The molecule has 0 N–H and O–H groups in total. The van der Waals surface area contributed by atoms with Gasteiger partial charge in [0.2, 0.25) is 0 Å². The molecule has 2 aliphatic rings. The average Bonchev–Trinajstić information content (AvgIpc) is 3.61. The Bertz CT molecular complexity index is 2130. The first-order chi connectivity index (χ1) is 20.9. The van der Waals surface area contributed by atoms with Gasteiger partial charge in [0.05, 0.1) is 0 Å². The lowest BCUT2D eigenvalue weighted by Gasteiger charge is -2.21. The summed E-state index contributed by atoms with van der Waals surface area (Å²) in [6.45, 7) is 9.47. The van der Waals surface area contributed by atoms with Gasteiger partial charge in [-0.05, 0) is 55.6 Å². The molecule has 6 aromatic carbocycles. The Labute approximate surface area is 257 Å². The van der Waals surface area contributed by atoms with Gasteiger partial charge in [0.25, 0.3) is 0 Å². The highest BCUT2D eigenvalue weighted by Crippen LogP contribution is 2.55. The highest BCUT2D eigenvalue weighted by Gasteiger charge is 2.38. The van der Waals surface area contributed by atoms with Gasteiger partial charge >= 0.3 is 0 Å². The van der Waals surface area contributed by atoms with E-state index >= 15 is 0 Å². The molecule has 0 aliphatic heterocycles. The van der Waals surface area contributed by atoms with Gasteiger partial charge in [-0.15, -0.1) is 11.3 Å². The quantitative estimate of drug-likeness (QED) is 0.195. The van der Waals surface area contributed by atoms with E-state index in [4.69, 9.17) is 0 Å². The minimum Gasteiger partial charge on any atom is -0.134 e. The van der Waals surface area contributed by atoms with Crippen molar-refractivity contribution >= 4 is 31.5 Å². The summed E-state index contributed by atoms with van der Waals surface area (Å²) < 4.78 is 2.74. The van der Waals surface area contributed by atoms with Gasteiger partial charge in [-0.2, -0.15) is 0 Å². The SMILES string of the molecule is CC1(C)c2ccccc2-c2c(-c3cccc4c3sc3c(-c5cccc6c5-c5ccccc5C6(C)C)cccc34)cccc21. The number of thiophene rings is 1. The minimum atomic E-state index is -0.0130. The molecule has 0 saturated heterocycles. The van der Waals surface area contributed by atoms with Crippen LogP contribution in [0.1, 0.15) is 49.9 Å². The number of hydrogen-bond acceptors (Lipinski definition) is 1. The van der Waals surface area contributed by atoms with Crippen molar-refractivity contribution in [3.63, 3.8) is 0 Å². The maximum Gasteiger partial charge on any atom is 0.0434 e. The lowest BCUT2D eigenvalue weighted by molar-refractivity contribution is 0.660. The molecular formula is C42H32S. The Morgan fingerprint density at radius 1 is 0.349 bits per heavy atom. The van der Waals surface area contributed by atoms with Gasteiger partial charge in [-0.3, -0.25) is 0 Å². The molecule has 0 radical (unpaired) electrons. The molecule has 0 fully saturated rings. The van der Waals surface area contributed by atoms with Gasteiger partial charge in [-0.1, -0.05) is 149 Å². The minimum absolute atomic E-state index is 0.0130. The summed E-state index contributed by atoms with van der Waals surface area (Å²) in [7, 11) is 0. The monoisotopic (exact) mass is 568 g/mol. The summed E-state index contributed by atoms with van der Waals surface area (Å²) in [5.74, 6) is 0. The van der Waals surface area contributed by atoms with Gasteiger partial charge in [0.1, 0.15) is 0 Å². The normalized spacial score (nSPS) is 15.3. The second kappa shape index (κ2) is 8.56. The third-order valence-electron chi connectivity index (χ3n) is 10.3. The van der Waals surface area contributed by atoms with Crippen molar-refractivity contribution in [1.29, 1.82) is 0 Å². The number of rotatable bonds is 2. The molecule has 0 unspecified atom stereocenters. The predicted octanol–water partition coefficient (Wildman–Crippen LogP) is 12.0. The summed E-state index contributed by atoms with van der Waals surface area (Å²) in [5.41, 5.74) is 16.5. The van der Waals surface area contributed by atoms with Crippen molar-refractivity contribution < 1.29 is 0 Å². The number of hydrogen-bond donors (Lipinski definition) is 0. The van der Waals surface area contributed by atoms with E-state index < -0.39 is 0 Å². The largest absolute Gasteiger partial charge is 0.134 e. The first-order valence-electron chi connectivity index (χ1n) is 15.3. The maximum absolute atomic E-state index is 2.37. The van der Waals surface area contributed by atoms with Crippen LogP contribution in [0.25, 0.3) is 64.7 Å². The van der Waals surface area contributed by atoms with Crippen molar-refractivity contribution in [2.45, 2.75) is 38.5 Å². The van der Waals surface area contributed by atoms with Crippen LogP contribution in [0, 0.1) is 0 Å². The molecule has 0 spiro atoms. The van der Waals surface area contributed by atoms with Gasteiger partial charge in [0.15, 0.2) is 0 Å². The van der Waals surface area contributed by atoms with Crippen LogP contribution < -0.4 is 0 Å². The first-order valence-corrected chi connectivity index (χ1v) is 16.1. The smallest absolute Gasteiger partial charge is 0.0434 e. The van der Waals surface area contributed by atoms with E-state index in [-0.39, 0.29) is 10.8 Å². The molecule has 9 rings (SSSR count). The Hall–Kier alpha value is -4.46. The second-order valence-corrected chi connectivity index (χ2v) is 14.3. The van der Waals surface area contributed by atoms with Crippen LogP contribution in [-0.2, 0) is 10.8 Å². The third-order valence-corrected chi connectivity index (χ3v) is 11.6. The fraction of sp³-hybridized carbons (Fsp3) is 0.143. The molecule has 43 heavy (non-hydrogen) atoms. The van der Waals surface area contributed by atoms with Crippen LogP contribution in [-0.4, -0.2) is 0 Å². The van der Waals surface area contributed by atoms with Crippen molar-refractivity contribution in [2.24, 2.45) is 0 Å². The molecule has 0 nitrogen and oxygen atoms in total. The molecule has 0 atom stereocenters. The van der Waals surface area contributed by atoms with Gasteiger partial charge < -0.3 is 0 Å². The molecule has 1 aromatic heterocycles. The lowest BCUT2D eigenvalue weighted by atomic mass is 9.82. The number of benzene rings is 6. The summed E-state index contributed by atoms with van der Waals surface area (Å²) in [6, 6.07) is 45.6. The van der Waals surface area contributed by atoms with E-state index in [1.165, 1.54) is 86.9 Å². The van der Waals surface area contributed by atoms with E-state index in [1.54, 1.807) is 0 Å². The molecule has 0 bridgehead atoms. The number of fused-ring (bicyclic) bond motifs is 9. The molecule has 1 heteroatoms. The maximum atomic E-state index is 2.37. The van der Waals surface area contributed by atoms with Crippen LogP contribution >= 0.6 is 11.3 Å². The standard InChI is InChI=1S/C42H32S/c1-41(2)33-21-7-5-13-31(33)37-25(15-11-23-35(37)41)27-17-9-19-29-30-20-10-18-28(40(30)43-39(27)29)26-16-12-24-36-38(26)32-14-6-8-22-34(32)42(36,3)4/h5-24H,1-4H3. The first kappa shape index (κ1) is 25.1. The molecular weight excluding hydrogens is 537 g/mol. The zero-order chi connectivity index (χ0) is 29.1. The molecule has 206 valence electrons. The Morgan fingerprint density at radius 3 is 1.16 bits per heavy atom. The highest BCUT2D eigenvalue weighted by molar-refractivity contribution is 7.26. The van der Waals surface area contributed by atoms with Gasteiger partial charge in [-0.25, -0.2) is 0 Å². The fourth-order valence-corrected chi connectivity index (χ4v) is 9.56. The van der Waals surface area contributed by atoms with Crippen molar-refractivity contribution in [2.75, 3.05) is 0 Å². The third kappa shape index (κ3) is 3.21. The van der Waals surface area contributed by atoms with E-state index in [1.807, 2.05) is 11.3 Å². The average molecular weight is 569 g/mol. The Morgan fingerprint density at radius 2 is 0.698 bits per heavy atom. The Kier molecular flexibility index (Phi) is 4.99. The summed E-state index contributed by atoms with van der Waals surface area (Å²) in [4.78, 5) is 0. The van der Waals surface area contributed by atoms with E-state index in [0.717, 1.165) is 0 Å². The van der Waals surface area contributed by atoms with Crippen LogP contribution in [0.5, 0.6) is 0 Å². The van der Waals surface area contributed by atoms with Crippen LogP contribution in [0.2, 0.25) is 0 Å². The summed E-state index contributed by atoms with van der Waals surface area (Å²) in [6.07, 6.45) is 0. The summed E-state index contributed by atoms with van der Waals surface area (Å²) >= 11 is 1.96. The molecule has 1 heterocycles.